The second-order valence-electron chi connectivity index (χ2n) is 5.42. The molecular formula is C17H19F2N3O3. The van der Waals surface area contributed by atoms with Crippen LogP contribution in [0.5, 0.6) is 0 Å². The number of nitrogens with two attached hydrogens (primary N) is 1. The van der Waals surface area contributed by atoms with Crippen LogP contribution in [0.25, 0.3) is 11.1 Å². The molecule has 1 aromatic heterocycles. The molecule has 0 bridgehead atoms. The lowest BCUT2D eigenvalue weighted by molar-refractivity contribution is 0.152. The van der Waals surface area contributed by atoms with E-state index in [1.54, 1.807) is 6.07 Å². The third-order valence-electron chi connectivity index (χ3n) is 4.12. The Bertz CT molecular complexity index is 797. The van der Waals surface area contributed by atoms with Gasteiger partial charge in [0, 0.05) is 17.7 Å². The van der Waals surface area contributed by atoms with E-state index in [4.69, 9.17) is 11.0 Å². The second kappa shape index (κ2) is 8.18. The standard InChI is InChI=1S/C17H19F2N3O3/c18-17(19)16-14(5-21)22-13(3-4-20)15(16)10-2-1-9(6-23)11(7-24)12(10)8-25/h1-2,17,22-25H,3-4,6-8,20H2. The van der Waals surface area contributed by atoms with E-state index < -0.39 is 25.2 Å². The van der Waals surface area contributed by atoms with E-state index in [0.717, 1.165) is 0 Å². The van der Waals surface area contributed by atoms with Crippen molar-refractivity contribution in [3.05, 3.63) is 45.8 Å². The Morgan fingerprint density at radius 3 is 2.28 bits per heavy atom. The first-order valence-corrected chi connectivity index (χ1v) is 7.63. The minimum absolute atomic E-state index is 0.111. The van der Waals surface area contributed by atoms with Crippen LogP contribution in [0.2, 0.25) is 0 Å². The van der Waals surface area contributed by atoms with Crippen molar-refractivity contribution in [2.45, 2.75) is 32.7 Å². The van der Waals surface area contributed by atoms with Crippen LogP contribution in [0, 0.1) is 11.3 Å². The number of alkyl halides is 2. The first-order valence-electron chi connectivity index (χ1n) is 7.63. The predicted octanol–water partition coefficient (Wildman–Crippen LogP) is 1.47. The molecule has 2 rings (SSSR count). The Labute approximate surface area is 143 Å². The Morgan fingerprint density at radius 1 is 1.12 bits per heavy atom. The first-order chi connectivity index (χ1) is 12.0. The van der Waals surface area contributed by atoms with Gasteiger partial charge in [-0.1, -0.05) is 12.1 Å². The van der Waals surface area contributed by atoms with Crippen LogP contribution in [-0.4, -0.2) is 26.8 Å². The highest BCUT2D eigenvalue weighted by Crippen LogP contribution is 2.40. The van der Waals surface area contributed by atoms with Crippen LogP contribution in [0.3, 0.4) is 0 Å². The van der Waals surface area contributed by atoms with Crippen molar-refractivity contribution < 1.29 is 24.1 Å². The molecule has 0 fully saturated rings. The molecule has 0 radical (unpaired) electrons. The molecule has 25 heavy (non-hydrogen) atoms. The summed E-state index contributed by atoms with van der Waals surface area (Å²) in [7, 11) is 0. The number of H-pyrrole nitrogens is 1. The summed E-state index contributed by atoms with van der Waals surface area (Å²) in [4.78, 5) is 2.68. The molecule has 1 aromatic carbocycles. The van der Waals surface area contributed by atoms with Crippen LogP contribution in [0.1, 0.15) is 40.1 Å². The predicted molar refractivity (Wildman–Crippen MR) is 86.4 cm³/mol. The number of aromatic nitrogens is 1. The Balaban J connectivity index is 2.86. The van der Waals surface area contributed by atoms with Crippen molar-refractivity contribution in [3.8, 4) is 17.2 Å². The third-order valence-corrected chi connectivity index (χ3v) is 4.12. The number of nitrogens with one attached hydrogen (secondary N) is 1. The molecule has 6 N–H and O–H groups in total. The molecule has 0 saturated heterocycles. The van der Waals surface area contributed by atoms with Gasteiger partial charge in [-0.15, -0.1) is 0 Å². The largest absolute Gasteiger partial charge is 0.392 e. The smallest absolute Gasteiger partial charge is 0.267 e. The molecular weight excluding hydrogens is 332 g/mol. The molecule has 0 amide bonds. The zero-order valence-corrected chi connectivity index (χ0v) is 13.4. The summed E-state index contributed by atoms with van der Waals surface area (Å²) in [5.41, 5.74) is 6.49. The maximum atomic E-state index is 13.6. The SMILES string of the molecule is N#Cc1[nH]c(CCN)c(-c2ccc(CO)c(CO)c2CO)c1C(F)F. The summed E-state index contributed by atoms with van der Waals surface area (Å²) in [6.45, 7) is -1.17. The maximum Gasteiger partial charge on any atom is 0.267 e. The topological polar surface area (TPSA) is 126 Å². The third kappa shape index (κ3) is 3.41. The zero-order valence-electron chi connectivity index (χ0n) is 13.4. The van der Waals surface area contributed by atoms with Gasteiger partial charge in [0.05, 0.1) is 25.4 Å². The fourth-order valence-electron chi connectivity index (χ4n) is 3.02. The molecule has 0 aliphatic rings. The van der Waals surface area contributed by atoms with Gasteiger partial charge in [0.2, 0.25) is 0 Å². The number of aliphatic hydroxyl groups excluding tert-OH is 3. The van der Waals surface area contributed by atoms with Crippen LogP contribution in [0.15, 0.2) is 12.1 Å². The lowest BCUT2D eigenvalue weighted by atomic mass is 9.90. The van der Waals surface area contributed by atoms with Crippen LogP contribution in [-0.2, 0) is 26.2 Å². The van der Waals surface area contributed by atoms with Gasteiger partial charge >= 0.3 is 0 Å². The summed E-state index contributed by atoms with van der Waals surface area (Å²) in [5, 5.41) is 37.9. The molecule has 1 heterocycles. The van der Waals surface area contributed by atoms with Gasteiger partial charge in [-0.25, -0.2) is 8.78 Å². The number of rotatable bonds is 7. The summed E-state index contributed by atoms with van der Waals surface area (Å²) in [6, 6.07) is 4.72. The quantitative estimate of drug-likeness (QED) is 0.516. The van der Waals surface area contributed by atoms with E-state index in [2.05, 4.69) is 4.98 Å². The molecule has 0 atom stereocenters. The van der Waals surface area contributed by atoms with Gasteiger partial charge in [-0.3, -0.25) is 0 Å². The van der Waals surface area contributed by atoms with Crippen molar-refractivity contribution >= 4 is 0 Å². The van der Waals surface area contributed by atoms with E-state index in [-0.39, 0.29) is 47.5 Å². The number of hydrogen-bond donors (Lipinski definition) is 5. The van der Waals surface area contributed by atoms with Gasteiger partial charge in [0.15, 0.2) is 0 Å². The molecule has 6 nitrogen and oxygen atoms in total. The molecule has 0 saturated carbocycles. The number of aliphatic hydroxyl groups is 3. The average molecular weight is 351 g/mol. The number of halogens is 2. The molecule has 8 heteroatoms. The molecule has 0 unspecified atom stereocenters. The average Bonchev–Trinajstić information content (AvgIpc) is 2.98. The zero-order chi connectivity index (χ0) is 18.6. The number of nitriles is 1. The number of hydrogen-bond acceptors (Lipinski definition) is 5. The Morgan fingerprint density at radius 2 is 1.80 bits per heavy atom. The molecule has 0 aliphatic carbocycles. The maximum absolute atomic E-state index is 13.6. The van der Waals surface area contributed by atoms with Crippen molar-refractivity contribution in [2.24, 2.45) is 5.73 Å². The van der Waals surface area contributed by atoms with Gasteiger partial charge in [-0.2, -0.15) is 5.26 Å². The van der Waals surface area contributed by atoms with Crippen molar-refractivity contribution in [3.63, 3.8) is 0 Å². The Hall–Kier alpha value is -2.31. The number of aromatic amines is 1. The van der Waals surface area contributed by atoms with Crippen LogP contribution in [0.4, 0.5) is 8.78 Å². The van der Waals surface area contributed by atoms with E-state index in [1.807, 2.05) is 0 Å². The second-order valence-corrected chi connectivity index (χ2v) is 5.42. The van der Waals surface area contributed by atoms with Gasteiger partial charge in [0.25, 0.3) is 6.43 Å². The highest BCUT2D eigenvalue weighted by molar-refractivity contribution is 5.77. The van der Waals surface area contributed by atoms with Crippen molar-refractivity contribution in [2.75, 3.05) is 6.54 Å². The summed E-state index contributed by atoms with van der Waals surface area (Å²) in [5.74, 6) is 0. The lowest BCUT2D eigenvalue weighted by Crippen LogP contribution is -2.07. The summed E-state index contributed by atoms with van der Waals surface area (Å²) >= 11 is 0. The van der Waals surface area contributed by atoms with Gasteiger partial charge in [-0.05, 0) is 28.8 Å². The van der Waals surface area contributed by atoms with E-state index >= 15 is 0 Å². The van der Waals surface area contributed by atoms with Crippen LogP contribution >= 0.6 is 0 Å². The Kier molecular flexibility index (Phi) is 6.22. The van der Waals surface area contributed by atoms with E-state index in [0.29, 0.717) is 11.3 Å². The molecule has 0 aliphatic heterocycles. The monoisotopic (exact) mass is 351 g/mol. The fourth-order valence-corrected chi connectivity index (χ4v) is 3.02. The van der Waals surface area contributed by atoms with E-state index in [1.165, 1.54) is 12.1 Å². The van der Waals surface area contributed by atoms with E-state index in [9.17, 15) is 24.1 Å². The minimum Gasteiger partial charge on any atom is -0.392 e. The molecule has 2 aromatic rings. The van der Waals surface area contributed by atoms with Crippen LogP contribution < -0.4 is 5.73 Å². The number of benzene rings is 1. The molecule has 134 valence electrons. The highest BCUT2D eigenvalue weighted by Gasteiger charge is 2.27. The minimum atomic E-state index is -2.91. The first kappa shape index (κ1) is 19.0. The number of nitrogens with zero attached hydrogens (tertiary/aromatic N) is 1. The van der Waals surface area contributed by atoms with Crippen molar-refractivity contribution in [1.82, 2.24) is 4.98 Å². The summed E-state index contributed by atoms with van der Waals surface area (Å²) < 4.78 is 27.2. The highest BCUT2D eigenvalue weighted by atomic mass is 19.3. The van der Waals surface area contributed by atoms with Crippen molar-refractivity contribution in [1.29, 1.82) is 5.26 Å². The summed E-state index contributed by atoms with van der Waals surface area (Å²) in [6.07, 6.45) is -2.67. The van der Waals surface area contributed by atoms with Gasteiger partial charge in [0.1, 0.15) is 11.8 Å². The van der Waals surface area contributed by atoms with Gasteiger partial charge < -0.3 is 26.0 Å². The lowest BCUT2D eigenvalue weighted by Gasteiger charge is -2.17. The fraction of sp³-hybridized carbons (Fsp3) is 0.353. The normalized spacial score (nSPS) is 11.1. The molecule has 0 spiro atoms.